The highest BCUT2D eigenvalue weighted by Crippen LogP contribution is 2.36. The number of nitrogens with zero attached hydrogens (tertiary/aromatic N) is 2. The number of fused-ring (bicyclic) bond motifs is 1. The lowest BCUT2D eigenvalue weighted by Crippen LogP contribution is -2.11. The molecule has 0 amide bonds. The molecule has 9 heteroatoms. The van der Waals surface area contributed by atoms with Crippen molar-refractivity contribution in [1.29, 1.82) is 0 Å². The van der Waals surface area contributed by atoms with Gasteiger partial charge in [-0.25, -0.2) is 15.8 Å². The fourth-order valence-corrected chi connectivity index (χ4v) is 1.70. The number of nitrogens with one attached hydrogen (secondary N) is 1. The summed E-state index contributed by atoms with van der Waals surface area (Å²) in [6, 6.07) is 1.69. The Morgan fingerprint density at radius 1 is 1.32 bits per heavy atom. The van der Waals surface area contributed by atoms with Gasteiger partial charge in [-0.15, -0.1) is 0 Å². The second-order valence-electron chi connectivity index (χ2n) is 3.55. The van der Waals surface area contributed by atoms with E-state index in [9.17, 15) is 13.2 Å². The minimum Gasteiger partial charge on any atom is -0.494 e. The van der Waals surface area contributed by atoms with Crippen molar-refractivity contribution in [2.45, 2.75) is 6.18 Å². The van der Waals surface area contributed by atoms with E-state index in [-0.39, 0.29) is 27.8 Å². The number of hydrazine groups is 1. The van der Waals surface area contributed by atoms with Gasteiger partial charge in [0, 0.05) is 0 Å². The van der Waals surface area contributed by atoms with E-state index < -0.39 is 11.7 Å². The molecule has 2 rings (SSSR count). The summed E-state index contributed by atoms with van der Waals surface area (Å²) < 4.78 is 43.1. The number of hydrogen-bond donors (Lipinski definition) is 2. The molecular formula is C10H8ClF3N4O. The van der Waals surface area contributed by atoms with Gasteiger partial charge in [0.15, 0.2) is 11.0 Å². The molecule has 5 nitrogen and oxygen atoms in total. The molecule has 102 valence electrons. The molecule has 0 spiro atoms. The highest BCUT2D eigenvalue weighted by Gasteiger charge is 2.32. The Hall–Kier alpha value is -1.80. The maximum Gasteiger partial charge on any atom is 0.416 e. The molecule has 0 aliphatic rings. The summed E-state index contributed by atoms with van der Waals surface area (Å²) in [4.78, 5) is 7.77. The first-order valence-electron chi connectivity index (χ1n) is 4.96. The molecule has 0 aliphatic heterocycles. The maximum atomic E-state index is 12.7. The molecule has 0 atom stereocenters. The van der Waals surface area contributed by atoms with Gasteiger partial charge >= 0.3 is 6.18 Å². The molecule has 1 aromatic carbocycles. The molecule has 3 N–H and O–H groups in total. The monoisotopic (exact) mass is 292 g/mol. The van der Waals surface area contributed by atoms with Gasteiger partial charge < -0.3 is 10.2 Å². The Morgan fingerprint density at radius 3 is 2.53 bits per heavy atom. The van der Waals surface area contributed by atoms with Crippen LogP contribution in [0.1, 0.15) is 5.56 Å². The standard InChI is InChI=1S/C10H8ClF3N4O/c1-19-6-3-4(10(12,13)14)2-5-7(6)17-8(11)9(16-5)18-15/h2-3H,15H2,1H3,(H,16,18). The molecule has 19 heavy (non-hydrogen) atoms. The van der Waals surface area contributed by atoms with Gasteiger partial charge in [-0.3, -0.25) is 0 Å². The summed E-state index contributed by atoms with van der Waals surface area (Å²) in [6.07, 6.45) is -4.51. The average molecular weight is 293 g/mol. The molecule has 0 aliphatic carbocycles. The summed E-state index contributed by atoms with van der Waals surface area (Å²) in [6.45, 7) is 0. The third kappa shape index (κ3) is 2.49. The third-order valence-corrected chi connectivity index (χ3v) is 2.64. The first-order valence-corrected chi connectivity index (χ1v) is 5.33. The number of benzene rings is 1. The van der Waals surface area contributed by atoms with Crippen LogP contribution in [-0.4, -0.2) is 17.1 Å². The zero-order chi connectivity index (χ0) is 14.2. The number of anilines is 1. The number of methoxy groups -OCH3 is 1. The molecule has 0 fully saturated rings. The van der Waals surface area contributed by atoms with Gasteiger partial charge in [-0.2, -0.15) is 13.2 Å². The zero-order valence-electron chi connectivity index (χ0n) is 9.55. The van der Waals surface area contributed by atoms with Crippen LogP contribution in [-0.2, 0) is 6.18 Å². The number of alkyl halides is 3. The van der Waals surface area contributed by atoms with Gasteiger partial charge in [0.2, 0.25) is 0 Å². The van der Waals surface area contributed by atoms with Gasteiger partial charge in [-0.1, -0.05) is 11.6 Å². The Labute approximate surface area is 110 Å². The largest absolute Gasteiger partial charge is 0.494 e. The smallest absolute Gasteiger partial charge is 0.416 e. The van der Waals surface area contributed by atoms with Crippen LogP contribution in [0.2, 0.25) is 5.15 Å². The normalized spacial score (nSPS) is 11.7. The van der Waals surface area contributed by atoms with Crippen LogP contribution in [0, 0.1) is 0 Å². The van der Waals surface area contributed by atoms with Crippen molar-refractivity contribution in [3.63, 3.8) is 0 Å². The fourth-order valence-electron chi connectivity index (χ4n) is 1.52. The quantitative estimate of drug-likeness (QED) is 0.657. The van der Waals surface area contributed by atoms with E-state index in [1.165, 1.54) is 7.11 Å². The molecule has 2 aromatic rings. The maximum absolute atomic E-state index is 12.7. The first-order chi connectivity index (χ1) is 8.86. The highest BCUT2D eigenvalue weighted by atomic mass is 35.5. The molecule has 0 bridgehead atoms. The van der Waals surface area contributed by atoms with Crippen LogP contribution in [0.3, 0.4) is 0 Å². The molecule has 0 saturated heterocycles. The van der Waals surface area contributed by atoms with Gasteiger partial charge in [0.1, 0.15) is 11.3 Å². The van der Waals surface area contributed by atoms with Crippen molar-refractivity contribution in [3.8, 4) is 5.75 Å². The van der Waals surface area contributed by atoms with E-state index in [2.05, 4.69) is 15.4 Å². The number of halogens is 4. The van der Waals surface area contributed by atoms with Crippen molar-refractivity contribution < 1.29 is 17.9 Å². The van der Waals surface area contributed by atoms with Gasteiger partial charge in [-0.05, 0) is 12.1 Å². The molecule has 0 radical (unpaired) electrons. The lowest BCUT2D eigenvalue weighted by molar-refractivity contribution is -0.137. The topological polar surface area (TPSA) is 73.1 Å². The van der Waals surface area contributed by atoms with Crippen molar-refractivity contribution in [2.75, 3.05) is 12.5 Å². The number of rotatable bonds is 2. The second kappa shape index (κ2) is 4.71. The molecule has 1 heterocycles. The Balaban J connectivity index is 2.78. The first kappa shape index (κ1) is 13.6. The molecule has 1 aromatic heterocycles. The average Bonchev–Trinajstić information content (AvgIpc) is 2.35. The van der Waals surface area contributed by atoms with E-state index in [0.29, 0.717) is 0 Å². The van der Waals surface area contributed by atoms with Crippen molar-refractivity contribution in [2.24, 2.45) is 5.84 Å². The van der Waals surface area contributed by atoms with Crippen LogP contribution in [0.4, 0.5) is 19.0 Å². The van der Waals surface area contributed by atoms with Gasteiger partial charge in [0.25, 0.3) is 0 Å². The van der Waals surface area contributed by atoms with E-state index in [1.54, 1.807) is 0 Å². The third-order valence-electron chi connectivity index (χ3n) is 2.38. The summed E-state index contributed by atoms with van der Waals surface area (Å²) in [7, 11) is 1.24. The number of aromatic nitrogens is 2. The van der Waals surface area contributed by atoms with Gasteiger partial charge in [0.05, 0.1) is 18.2 Å². The predicted octanol–water partition coefficient (Wildman–Crippen LogP) is 2.60. The number of ether oxygens (including phenoxy) is 1. The van der Waals surface area contributed by atoms with Crippen LogP contribution in [0.25, 0.3) is 11.0 Å². The van der Waals surface area contributed by atoms with Crippen LogP contribution in [0.15, 0.2) is 12.1 Å². The van der Waals surface area contributed by atoms with Crippen molar-refractivity contribution >= 4 is 28.5 Å². The van der Waals surface area contributed by atoms with E-state index in [0.717, 1.165) is 12.1 Å². The minimum atomic E-state index is -4.51. The number of nitrogen functional groups attached to an aromatic ring is 1. The highest BCUT2D eigenvalue weighted by molar-refractivity contribution is 6.32. The lowest BCUT2D eigenvalue weighted by Gasteiger charge is -2.12. The Morgan fingerprint density at radius 2 is 2.00 bits per heavy atom. The van der Waals surface area contributed by atoms with Crippen LogP contribution >= 0.6 is 11.6 Å². The minimum absolute atomic E-state index is 0.0180. The Bertz CT molecular complexity index is 632. The summed E-state index contributed by atoms with van der Waals surface area (Å²) in [5.41, 5.74) is 1.36. The summed E-state index contributed by atoms with van der Waals surface area (Å²) in [5.74, 6) is 5.06. The molecule has 0 saturated carbocycles. The number of nitrogens with two attached hydrogens (primary N) is 1. The number of hydrogen-bond acceptors (Lipinski definition) is 5. The van der Waals surface area contributed by atoms with Crippen molar-refractivity contribution in [3.05, 3.63) is 22.8 Å². The van der Waals surface area contributed by atoms with E-state index >= 15 is 0 Å². The van der Waals surface area contributed by atoms with E-state index in [4.69, 9.17) is 22.2 Å². The Kier molecular flexibility index (Phi) is 3.38. The summed E-state index contributed by atoms with van der Waals surface area (Å²) >= 11 is 5.77. The summed E-state index contributed by atoms with van der Waals surface area (Å²) in [5, 5.41) is -0.0620. The van der Waals surface area contributed by atoms with Crippen LogP contribution in [0.5, 0.6) is 5.75 Å². The van der Waals surface area contributed by atoms with Crippen molar-refractivity contribution in [1.82, 2.24) is 9.97 Å². The lowest BCUT2D eigenvalue weighted by atomic mass is 10.1. The fraction of sp³-hybridized carbons (Fsp3) is 0.200. The predicted molar refractivity (Wildman–Crippen MR) is 63.9 cm³/mol. The SMILES string of the molecule is COc1cc(C(F)(F)F)cc2nc(NN)c(Cl)nc12. The second-order valence-corrected chi connectivity index (χ2v) is 3.91. The van der Waals surface area contributed by atoms with Crippen LogP contribution < -0.4 is 16.0 Å². The van der Waals surface area contributed by atoms with E-state index in [1.807, 2.05) is 0 Å². The molecule has 0 unspecified atom stereocenters. The zero-order valence-corrected chi connectivity index (χ0v) is 10.3. The molecular weight excluding hydrogens is 285 g/mol.